The fraction of sp³-hybridized carbons (Fsp3) is 0.650. The number of piperazine rings is 1. The molecule has 0 aliphatic carbocycles. The Balaban J connectivity index is 1.85. The van der Waals surface area contributed by atoms with Crippen LogP contribution in [0, 0.1) is 0 Å². The molecule has 0 spiro atoms. The molecule has 1 aliphatic heterocycles. The van der Waals surface area contributed by atoms with Crippen LogP contribution in [0.15, 0.2) is 29.2 Å². The Hall–Kier alpha value is -1.68. The topological polar surface area (TPSA) is 88.2 Å². The van der Waals surface area contributed by atoms with Crippen LogP contribution < -0.4 is 10.1 Å². The first-order valence-corrected chi connectivity index (χ1v) is 11.6. The smallest absolute Gasteiger partial charge is 0.243 e. The number of rotatable bonds is 11. The van der Waals surface area contributed by atoms with Crippen LogP contribution in [0.3, 0.4) is 0 Å². The van der Waals surface area contributed by atoms with Crippen LogP contribution in [0.25, 0.3) is 0 Å². The summed E-state index contributed by atoms with van der Waals surface area (Å²) in [6.07, 6.45) is 0.883. The van der Waals surface area contributed by atoms with Gasteiger partial charge in [-0.15, -0.1) is 0 Å². The van der Waals surface area contributed by atoms with E-state index in [0.717, 1.165) is 6.42 Å². The van der Waals surface area contributed by atoms with Gasteiger partial charge in [-0.3, -0.25) is 9.69 Å². The Kier molecular flexibility index (Phi) is 9.35. The Labute approximate surface area is 174 Å². The number of nitrogens with one attached hydrogen (secondary N) is 1. The maximum Gasteiger partial charge on any atom is 0.243 e. The summed E-state index contributed by atoms with van der Waals surface area (Å²) in [6.45, 7) is 9.56. The zero-order chi connectivity index (χ0) is 21.3. The Morgan fingerprint density at radius 1 is 1.10 bits per heavy atom. The Morgan fingerprint density at radius 2 is 1.76 bits per heavy atom. The van der Waals surface area contributed by atoms with Crippen molar-refractivity contribution >= 4 is 15.9 Å². The molecular formula is C20H33N3O5S. The quantitative estimate of drug-likeness (QED) is 0.536. The van der Waals surface area contributed by atoms with Gasteiger partial charge in [0.1, 0.15) is 12.4 Å². The van der Waals surface area contributed by atoms with Crippen LogP contribution in [-0.2, 0) is 19.6 Å². The van der Waals surface area contributed by atoms with Crippen LogP contribution >= 0.6 is 0 Å². The molecule has 1 atom stereocenters. The van der Waals surface area contributed by atoms with Crippen LogP contribution in [0.1, 0.15) is 27.2 Å². The Bertz CT molecular complexity index is 731. The minimum atomic E-state index is -3.56. The van der Waals surface area contributed by atoms with Crippen molar-refractivity contribution in [1.82, 2.24) is 14.5 Å². The third-order valence-corrected chi connectivity index (χ3v) is 6.79. The van der Waals surface area contributed by atoms with Gasteiger partial charge in [-0.25, -0.2) is 8.42 Å². The number of nitrogens with zero attached hydrogens (tertiary/aromatic N) is 2. The summed E-state index contributed by atoms with van der Waals surface area (Å²) in [4.78, 5) is 14.3. The second-order valence-corrected chi connectivity index (χ2v) is 9.01. The summed E-state index contributed by atoms with van der Waals surface area (Å²) in [6, 6.07) is 6.60. The molecule has 1 unspecified atom stereocenters. The average Bonchev–Trinajstić information content (AvgIpc) is 2.72. The van der Waals surface area contributed by atoms with Gasteiger partial charge in [0.25, 0.3) is 0 Å². The number of carbonyl (C=O) groups is 1. The maximum absolute atomic E-state index is 12.9. The van der Waals surface area contributed by atoms with E-state index < -0.39 is 10.0 Å². The highest BCUT2D eigenvalue weighted by Crippen LogP contribution is 2.21. The van der Waals surface area contributed by atoms with Gasteiger partial charge in [0.05, 0.1) is 18.0 Å². The third-order valence-electron chi connectivity index (χ3n) is 4.88. The number of sulfonamides is 1. The predicted molar refractivity (Wildman–Crippen MR) is 112 cm³/mol. The molecule has 1 aromatic rings. The SMILES string of the molecule is CCOCCOc1ccc(S(=O)(=O)N2CCN(CC(=O)NC(C)CC)CC2)cc1. The highest BCUT2D eigenvalue weighted by molar-refractivity contribution is 7.89. The summed E-state index contributed by atoms with van der Waals surface area (Å²) < 4.78 is 38.0. The molecule has 8 nitrogen and oxygen atoms in total. The summed E-state index contributed by atoms with van der Waals surface area (Å²) in [5.41, 5.74) is 0. The highest BCUT2D eigenvalue weighted by atomic mass is 32.2. The van der Waals surface area contributed by atoms with E-state index in [1.165, 1.54) is 4.31 Å². The number of benzene rings is 1. The molecule has 1 aromatic carbocycles. The molecule has 0 aromatic heterocycles. The van der Waals surface area contributed by atoms with E-state index in [1.54, 1.807) is 24.3 Å². The lowest BCUT2D eigenvalue weighted by molar-refractivity contribution is -0.123. The van der Waals surface area contributed by atoms with E-state index in [4.69, 9.17) is 9.47 Å². The molecule has 2 rings (SSSR count). The largest absolute Gasteiger partial charge is 0.491 e. The number of hydrogen-bond donors (Lipinski definition) is 1. The van der Waals surface area contributed by atoms with Gasteiger partial charge in [-0.2, -0.15) is 4.31 Å². The van der Waals surface area contributed by atoms with Crippen molar-refractivity contribution in [2.24, 2.45) is 0 Å². The van der Waals surface area contributed by atoms with E-state index in [9.17, 15) is 13.2 Å². The molecule has 0 saturated carbocycles. The molecule has 1 amide bonds. The lowest BCUT2D eigenvalue weighted by atomic mass is 10.2. The van der Waals surface area contributed by atoms with Crippen LogP contribution in [0.2, 0.25) is 0 Å². The van der Waals surface area contributed by atoms with Gasteiger partial charge in [-0.05, 0) is 44.5 Å². The van der Waals surface area contributed by atoms with E-state index in [-0.39, 0.29) is 16.8 Å². The van der Waals surface area contributed by atoms with Crippen LogP contribution in [0.5, 0.6) is 5.75 Å². The lowest BCUT2D eigenvalue weighted by Gasteiger charge is -2.33. The number of hydrogen-bond acceptors (Lipinski definition) is 6. The second-order valence-electron chi connectivity index (χ2n) is 7.07. The second kappa shape index (κ2) is 11.5. The van der Waals surface area contributed by atoms with Gasteiger partial charge in [-0.1, -0.05) is 6.92 Å². The normalized spacial score (nSPS) is 17.1. The first-order chi connectivity index (χ1) is 13.9. The minimum absolute atomic E-state index is 0.0180. The van der Waals surface area contributed by atoms with E-state index in [2.05, 4.69) is 5.32 Å². The van der Waals surface area contributed by atoms with Crippen molar-refractivity contribution < 1.29 is 22.7 Å². The highest BCUT2D eigenvalue weighted by Gasteiger charge is 2.29. The zero-order valence-corrected chi connectivity index (χ0v) is 18.4. The number of amides is 1. The molecule has 1 aliphatic rings. The van der Waals surface area contributed by atoms with E-state index in [1.807, 2.05) is 25.7 Å². The van der Waals surface area contributed by atoms with Crippen LogP contribution in [0.4, 0.5) is 0 Å². The van der Waals surface area contributed by atoms with Gasteiger partial charge in [0.15, 0.2) is 0 Å². The lowest BCUT2D eigenvalue weighted by Crippen LogP contribution is -2.51. The third kappa shape index (κ3) is 7.26. The molecule has 29 heavy (non-hydrogen) atoms. The fourth-order valence-corrected chi connectivity index (χ4v) is 4.40. The Morgan fingerprint density at radius 3 is 2.34 bits per heavy atom. The van der Waals surface area contributed by atoms with Crippen molar-refractivity contribution in [1.29, 1.82) is 0 Å². The molecule has 1 fully saturated rings. The molecule has 0 radical (unpaired) electrons. The van der Waals surface area contributed by atoms with E-state index in [0.29, 0.717) is 58.3 Å². The molecule has 1 heterocycles. The standard InChI is InChI=1S/C20H33N3O5S/c1-4-17(3)21-20(24)16-22-10-12-23(13-11-22)29(25,26)19-8-6-18(7-9-19)28-15-14-27-5-2/h6-9,17H,4-5,10-16H2,1-3H3,(H,21,24). The first-order valence-electron chi connectivity index (χ1n) is 10.2. The number of ether oxygens (including phenoxy) is 2. The molecule has 1 N–H and O–H groups in total. The van der Waals surface area contributed by atoms with Crippen molar-refractivity contribution in [3.8, 4) is 5.75 Å². The van der Waals surface area contributed by atoms with Crippen molar-refractivity contribution in [2.75, 3.05) is 52.5 Å². The van der Waals surface area contributed by atoms with Crippen molar-refractivity contribution in [3.63, 3.8) is 0 Å². The minimum Gasteiger partial charge on any atom is -0.491 e. The summed E-state index contributed by atoms with van der Waals surface area (Å²) in [5, 5.41) is 2.94. The molecule has 164 valence electrons. The van der Waals surface area contributed by atoms with Crippen molar-refractivity contribution in [2.45, 2.75) is 38.1 Å². The predicted octanol–water partition coefficient (Wildman–Crippen LogP) is 1.32. The molecule has 1 saturated heterocycles. The average molecular weight is 428 g/mol. The first kappa shape index (κ1) is 23.6. The fourth-order valence-electron chi connectivity index (χ4n) is 2.97. The van der Waals surface area contributed by atoms with Gasteiger partial charge >= 0.3 is 0 Å². The summed E-state index contributed by atoms with van der Waals surface area (Å²) in [7, 11) is -3.56. The number of carbonyl (C=O) groups excluding carboxylic acids is 1. The van der Waals surface area contributed by atoms with Crippen molar-refractivity contribution in [3.05, 3.63) is 24.3 Å². The molecular weight excluding hydrogens is 394 g/mol. The van der Waals surface area contributed by atoms with Gasteiger partial charge in [0, 0.05) is 38.8 Å². The molecule has 9 heteroatoms. The monoisotopic (exact) mass is 427 g/mol. The van der Waals surface area contributed by atoms with Gasteiger partial charge in [0.2, 0.25) is 15.9 Å². The molecule has 0 bridgehead atoms. The maximum atomic E-state index is 12.9. The van der Waals surface area contributed by atoms with E-state index >= 15 is 0 Å². The van der Waals surface area contributed by atoms with Gasteiger partial charge < -0.3 is 14.8 Å². The summed E-state index contributed by atoms with van der Waals surface area (Å²) in [5.74, 6) is 0.594. The van der Waals surface area contributed by atoms with Crippen LogP contribution in [-0.4, -0.2) is 82.1 Å². The zero-order valence-electron chi connectivity index (χ0n) is 17.6. The summed E-state index contributed by atoms with van der Waals surface area (Å²) >= 11 is 0.